The van der Waals surface area contributed by atoms with Crippen LogP contribution in [0.2, 0.25) is 0 Å². The van der Waals surface area contributed by atoms with Crippen LogP contribution in [-0.2, 0) is 17.9 Å². The van der Waals surface area contributed by atoms with Crippen LogP contribution in [0.25, 0.3) is 0 Å². The van der Waals surface area contributed by atoms with Gasteiger partial charge in [-0.2, -0.15) is 5.06 Å². The van der Waals surface area contributed by atoms with Gasteiger partial charge >= 0.3 is 0 Å². The quantitative estimate of drug-likeness (QED) is 0.835. The van der Waals surface area contributed by atoms with E-state index >= 15 is 0 Å². The molecule has 3 rings (SSSR count). The largest absolute Gasteiger partial charge is 0.261 e. The molecule has 2 heterocycles. The fraction of sp³-hybridized carbons (Fsp3) is 0.333. The van der Waals surface area contributed by atoms with Crippen LogP contribution in [0.3, 0.4) is 0 Å². The number of aromatic nitrogens is 2. The summed E-state index contributed by atoms with van der Waals surface area (Å²) in [4.78, 5) is 5.64. The molecule has 1 aliphatic rings. The van der Waals surface area contributed by atoms with Crippen molar-refractivity contribution in [3.63, 3.8) is 0 Å². The number of aryl methyl sites for hydroxylation is 1. The Bertz CT molecular complexity index is 526. The van der Waals surface area contributed by atoms with Crippen LogP contribution < -0.4 is 5.06 Å². The molecule has 0 unspecified atom stereocenters. The molecule has 0 saturated heterocycles. The molecule has 0 fully saturated rings. The predicted molar refractivity (Wildman–Crippen MR) is 67.3 cm³/mol. The van der Waals surface area contributed by atoms with E-state index in [1.807, 2.05) is 18.2 Å². The SMILES string of the molecule is CCCc1nnc(N2OCc3ccccc32)s1. The molecule has 0 spiro atoms. The second-order valence-corrected chi connectivity index (χ2v) is 4.97. The maximum atomic E-state index is 5.64. The van der Waals surface area contributed by atoms with E-state index in [9.17, 15) is 0 Å². The second-order valence-electron chi connectivity index (χ2n) is 3.92. The third-order valence-electron chi connectivity index (χ3n) is 2.65. The lowest BCUT2D eigenvalue weighted by Crippen LogP contribution is -2.10. The third kappa shape index (κ3) is 1.92. The maximum Gasteiger partial charge on any atom is 0.236 e. The van der Waals surface area contributed by atoms with Gasteiger partial charge < -0.3 is 0 Å². The molecule has 0 N–H and O–H groups in total. The summed E-state index contributed by atoms with van der Waals surface area (Å²) >= 11 is 1.60. The number of hydrogen-bond acceptors (Lipinski definition) is 5. The standard InChI is InChI=1S/C12H13N3OS/c1-2-5-11-13-14-12(17-11)15-10-7-4-3-6-9(10)8-16-15/h3-4,6-7H,2,5,8H2,1H3. The van der Waals surface area contributed by atoms with Crippen molar-refractivity contribution in [3.05, 3.63) is 34.8 Å². The smallest absolute Gasteiger partial charge is 0.236 e. The molecule has 0 saturated carbocycles. The molecule has 1 aliphatic heterocycles. The predicted octanol–water partition coefficient (Wildman–Crippen LogP) is 3.07. The van der Waals surface area contributed by atoms with E-state index in [2.05, 4.69) is 23.2 Å². The topological polar surface area (TPSA) is 38.2 Å². The summed E-state index contributed by atoms with van der Waals surface area (Å²) in [6.45, 7) is 2.75. The summed E-state index contributed by atoms with van der Waals surface area (Å²) in [5.41, 5.74) is 2.27. The number of hydrogen-bond donors (Lipinski definition) is 0. The normalized spacial score (nSPS) is 14.1. The van der Waals surface area contributed by atoms with Gasteiger partial charge in [-0.05, 0) is 12.5 Å². The van der Waals surface area contributed by atoms with E-state index in [1.165, 1.54) is 5.56 Å². The van der Waals surface area contributed by atoms with E-state index < -0.39 is 0 Å². The Kier molecular flexibility index (Phi) is 2.78. The lowest BCUT2D eigenvalue weighted by atomic mass is 10.2. The molecule has 0 radical (unpaired) electrons. The highest BCUT2D eigenvalue weighted by Gasteiger charge is 2.24. The molecule has 5 heteroatoms. The molecular formula is C12H13N3OS. The van der Waals surface area contributed by atoms with Gasteiger partial charge in [-0.25, -0.2) is 0 Å². The minimum Gasteiger partial charge on any atom is -0.261 e. The molecule has 0 atom stereocenters. The first kappa shape index (κ1) is 10.7. The average Bonchev–Trinajstić information content (AvgIpc) is 2.95. The molecule has 4 nitrogen and oxygen atoms in total. The zero-order chi connectivity index (χ0) is 11.7. The summed E-state index contributed by atoms with van der Waals surface area (Å²) in [5.74, 6) is 0. The average molecular weight is 247 g/mol. The highest BCUT2D eigenvalue weighted by atomic mass is 32.1. The van der Waals surface area contributed by atoms with E-state index in [1.54, 1.807) is 16.4 Å². The number of rotatable bonds is 3. The highest BCUT2D eigenvalue weighted by molar-refractivity contribution is 7.15. The number of fused-ring (bicyclic) bond motifs is 1. The van der Waals surface area contributed by atoms with Crippen molar-refractivity contribution in [2.75, 3.05) is 5.06 Å². The van der Waals surface area contributed by atoms with Gasteiger partial charge in [0.1, 0.15) is 11.6 Å². The lowest BCUT2D eigenvalue weighted by molar-refractivity contribution is 0.145. The van der Waals surface area contributed by atoms with Crippen molar-refractivity contribution in [1.82, 2.24) is 10.2 Å². The van der Waals surface area contributed by atoms with Gasteiger partial charge in [0, 0.05) is 12.0 Å². The van der Waals surface area contributed by atoms with Gasteiger partial charge in [-0.1, -0.05) is 36.5 Å². The number of benzene rings is 1. The fourth-order valence-corrected chi connectivity index (χ4v) is 2.75. The first-order chi connectivity index (χ1) is 8.38. The number of nitrogens with zero attached hydrogens (tertiary/aromatic N) is 3. The zero-order valence-electron chi connectivity index (χ0n) is 9.59. The molecule has 1 aromatic carbocycles. The van der Waals surface area contributed by atoms with Gasteiger partial charge in [0.25, 0.3) is 0 Å². The highest BCUT2D eigenvalue weighted by Crippen LogP contribution is 2.36. The summed E-state index contributed by atoms with van der Waals surface area (Å²) in [6, 6.07) is 8.15. The van der Waals surface area contributed by atoms with Crippen LogP contribution in [0.5, 0.6) is 0 Å². The monoisotopic (exact) mass is 247 g/mol. The minimum atomic E-state index is 0.610. The Labute approximate surface area is 104 Å². The van der Waals surface area contributed by atoms with Crippen LogP contribution in [0.1, 0.15) is 23.9 Å². The summed E-state index contributed by atoms with van der Waals surface area (Å²) in [7, 11) is 0. The molecular weight excluding hydrogens is 234 g/mol. The van der Waals surface area contributed by atoms with E-state index in [0.29, 0.717) is 6.61 Å². The molecule has 2 aromatic rings. The Morgan fingerprint density at radius 1 is 1.35 bits per heavy atom. The Morgan fingerprint density at radius 2 is 2.24 bits per heavy atom. The van der Waals surface area contributed by atoms with Gasteiger partial charge in [-0.3, -0.25) is 4.84 Å². The van der Waals surface area contributed by atoms with E-state index in [4.69, 9.17) is 4.84 Å². The minimum absolute atomic E-state index is 0.610. The van der Waals surface area contributed by atoms with Crippen molar-refractivity contribution in [1.29, 1.82) is 0 Å². The van der Waals surface area contributed by atoms with Crippen molar-refractivity contribution in [2.24, 2.45) is 0 Å². The molecule has 0 amide bonds. The van der Waals surface area contributed by atoms with Gasteiger partial charge in [-0.15, -0.1) is 10.2 Å². The first-order valence-corrected chi connectivity index (χ1v) is 6.53. The summed E-state index contributed by atoms with van der Waals surface area (Å²) in [6.07, 6.45) is 2.07. The Hall–Kier alpha value is -1.46. The van der Waals surface area contributed by atoms with Crippen LogP contribution >= 0.6 is 11.3 Å². The van der Waals surface area contributed by atoms with Crippen molar-refractivity contribution < 1.29 is 4.84 Å². The van der Waals surface area contributed by atoms with Crippen LogP contribution in [-0.4, -0.2) is 10.2 Å². The summed E-state index contributed by atoms with van der Waals surface area (Å²) in [5, 5.41) is 12.0. The number of anilines is 2. The van der Waals surface area contributed by atoms with Crippen LogP contribution in [0.15, 0.2) is 24.3 Å². The third-order valence-corrected chi connectivity index (χ3v) is 3.60. The summed E-state index contributed by atoms with van der Waals surface area (Å²) < 4.78 is 0. The van der Waals surface area contributed by atoms with Gasteiger partial charge in [0.2, 0.25) is 5.13 Å². The second kappa shape index (κ2) is 4.43. The van der Waals surface area contributed by atoms with Gasteiger partial charge in [0.15, 0.2) is 0 Å². The van der Waals surface area contributed by atoms with Crippen molar-refractivity contribution in [2.45, 2.75) is 26.4 Å². The maximum absolute atomic E-state index is 5.64. The molecule has 0 bridgehead atoms. The van der Waals surface area contributed by atoms with Crippen molar-refractivity contribution in [3.8, 4) is 0 Å². The van der Waals surface area contributed by atoms with E-state index in [-0.39, 0.29) is 0 Å². The molecule has 17 heavy (non-hydrogen) atoms. The molecule has 0 aliphatic carbocycles. The Morgan fingerprint density at radius 3 is 3.12 bits per heavy atom. The van der Waals surface area contributed by atoms with E-state index in [0.717, 1.165) is 28.7 Å². The van der Waals surface area contributed by atoms with Crippen LogP contribution in [0, 0.1) is 0 Å². The Balaban J connectivity index is 1.90. The fourth-order valence-electron chi connectivity index (χ4n) is 1.83. The molecule has 88 valence electrons. The van der Waals surface area contributed by atoms with Crippen molar-refractivity contribution >= 4 is 22.2 Å². The van der Waals surface area contributed by atoms with Crippen LogP contribution in [0.4, 0.5) is 10.8 Å². The molecule has 1 aromatic heterocycles. The zero-order valence-corrected chi connectivity index (χ0v) is 10.4. The van der Waals surface area contributed by atoms with Gasteiger partial charge in [0.05, 0.1) is 5.69 Å². The lowest BCUT2D eigenvalue weighted by Gasteiger charge is -2.12. The first-order valence-electron chi connectivity index (χ1n) is 5.72. The number of para-hydroxylation sites is 1.